The largest absolute Gasteiger partial charge is 0.350 e. The van der Waals surface area contributed by atoms with Crippen LogP contribution in [0, 0.1) is 5.82 Å². The predicted octanol–water partition coefficient (Wildman–Crippen LogP) is 5.29. The van der Waals surface area contributed by atoms with E-state index in [2.05, 4.69) is 5.32 Å². The van der Waals surface area contributed by atoms with E-state index in [-0.39, 0.29) is 30.6 Å². The van der Waals surface area contributed by atoms with Gasteiger partial charge in [-0.05, 0) is 69.7 Å². The summed E-state index contributed by atoms with van der Waals surface area (Å²) in [7, 11) is 0. The average molecular weight is 451 g/mol. The third kappa shape index (κ3) is 8.00. The van der Waals surface area contributed by atoms with Gasteiger partial charge in [-0.1, -0.05) is 23.7 Å². The van der Waals surface area contributed by atoms with Gasteiger partial charge in [0, 0.05) is 34.2 Å². The van der Waals surface area contributed by atoms with Gasteiger partial charge in [-0.3, -0.25) is 9.59 Å². The summed E-state index contributed by atoms with van der Waals surface area (Å²) < 4.78 is 13.3. The Kier molecular flexibility index (Phi) is 8.74. The van der Waals surface area contributed by atoms with Crippen molar-refractivity contribution < 1.29 is 14.0 Å². The van der Waals surface area contributed by atoms with E-state index >= 15 is 0 Å². The van der Waals surface area contributed by atoms with Crippen LogP contribution in [0.25, 0.3) is 0 Å². The fourth-order valence-electron chi connectivity index (χ4n) is 2.77. The lowest BCUT2D eigenvalue weighted by Gasteiger charge is -2.31. The Morgan fingerprint density at radius 1 is 1.10 bits per heavy atom. The molecule has 0 saturated carbocycles. The first-order chi connectivity index (χ1) is 14.0. The van der Waals surface area contributed by atoms with Crippen molar-refractivity contribution in [2.75, 3.05) is 5.75 Å². The summed E-state index contributed by atoms with van der Waals surface area (Å²) in [5.74, 6) is -0.108. The highest BCUT2D eigenvalue weighted by Gasteiger charge is 2.28. The molecule has 1 N–H and O–H groups in total. The SMILES string of the molecule is C[C@@H](C(=O)NC(C)(C)C)N(Cc1ccc(F)cc1)C(=O)CCSc1ccc(Cl)cc1. The van der Waals surface area contributed by atoms with Crippen LogP contribution in [0.4, 0.5) is 4.39 Å². The van der Waals surface area contributed by atoms with E-state index < -0.39 is 11.6 Å². The molecular weight excluding hydrogens is 423 g/mol. The standard InChI is InChI=1S/C23H28ClFN2O2S/c1-16(22(29)26-23(2,3)4)27(15-17-5-9-19(25)10-6-17)21(28)13-14-30-20-11-7-18(24)8-12-20/h5-12,16H,13-15H2,1-4H3,(H,26,29)/t16-/m0/s1. The number of hydrogen-bond acceptors (Lipinski definition) is 3. The van der Waals surface area contributed by atoms with E-state index in [1.54, 1.807) is 35.7 Å². The molecule has 2 amide bonds. The Hall–Kier alpha value is -2.05. The molecule has 0 spiro atoms. The van der Waals surface area contributed by atoms with E-state index in [0.717, 1.165) is 10.5 Å². The van der Waals surface area contributed by atoms with Gasteiger partial charge in [0.15, 0.2) is 0 Å². The van der Waals surface area contributed by atoms with Gasteiger partial charge in [-0.25, -0.2) is 4.39 Å². The molecule has 0 saturated heterocycles. The number of amides is 2. The Morgan fingerprint density at radius 3 is 2.27 bits per heavy atom. The number of benzene rings is 2. The number of nitrogens with zero attached hydrogens (tertiary/aromatic N) is 1. The molecular formula is C23H28ClFN2O2S. The first-order valence-electron chi connectivity index (χ1n) is 9.79. The zero-order valence-corrected chi connectivity index (χ0v) is 19.3. The van der Waals surface area contributed by atoms with Crippen LogP contribution in [0.2, 0.25) is 5.02 Å². The zero-order valence-electron chi connectivity index (χ0n) is 17.7. The molecule has 4 nitrogen and oxygen atoms in total. The van der Waals surface area contributed by atoms with E-state index in [0.29, 0.717) is 10.8 Å². The number of hydrogen-bond donors (Lipinski definition) is 1. The lowest BCUT2D eigenvalue weighted by molar-refractivity contribution is -0.140. The molecule has 0 aliphatic carbocycles. The second-order valence-electron chi connectivity index (χ2n) is 8.12. The third-order valence-corrected chi connectivity index (χ3v) is 5.60. The summed E-state index contributed by atoms with van der Waals surface area (Å²) in [6.45, 7) is 7.64. The van der Waals surface area contributed by atoms with Gasteiger partial charge in [-0.15, -0.1) is 11.8 Å². The Balaban J connectivity index is 2.08. The first kappa shape index (κ1) is 24.2. The lowest BCUT2D eigenvalue weighted by Crippen LogP contribution is -2.52. The quantitative estimate of drug-likeness (QED) is 0.555. The van der Waals surface area contributed by atoms with Crippen LogP contribution in [-0.2, 0) is 16.1 Å². The summed E-state index contributed by atoms with van der Waals surface area (Å²) in [6, 6.07) is 12.8. The van der Waals surface area contributed by atoms with Gasteiger partial charge < -0.3 is 10.2 Å². The highest BCUT2D eigenvalue weighted by molar-refractivity contribution is 7.99. The molecule has 0 aliphatic rings. The van der Waals surface area contributed by atoms with Crippen LogP contribution in [-0.4, -0.2) is 34.0 Å². The maximum Gasteiger partial charge on any atom is 0.242 e. The summed E-state index contributed by atoms with van der Waals surface area (Å²) in [6.07, 6.45) is 0.279. The van der Waals surface area contributed by atoms with Crippen LogP contribution in [0.5, 0.6) is 0 Å². The molecule has 2 rings (SSSR count). The highest BCUT2D eigenvalue weighted by atomic mass is 35.5. The average Bonchev–Trinajstić information content (AvgIpc) is 2.67. The molecule has 1 atom stereocenters. The van der Waals surface area contributed by atoms with Gasteiger partial charge >= 0.3 is 0 Å². The molecule has 2 aromatic carbocycles. The second-order valence-corrected chi connectivity index (χ2v) is 9.72. The minimum absolute atomic E-state index is 0.127. The van der Waals surface area contributed by atoms with Gasteiger partial charge in [0.25, 0.3) is 0 Å². The van der Waals surface area contributed by atoms with Gasteiger partial charge in [0.1, 0.15) is 11.9 Å². The maximum absolute atomic E-state index is 13.3. The topological polar surface area (TPSA) is 49.4 Å². The van der Waals surface area contributed by atoms with Crippen LogP contribution < -0.4 is 5.32 Å². The molecule has 162 valence electrons. The second kappa shape index (κ2) is 10.8. The Labute approximate surface area is 187 Å². The zero-order chi connectivity index (χ0) is 22.3. The molecule has 0 fully saturated rings. The molecule has 2 aromatic rings. The minimum Gasteiger partial charge on any atom is -0.350 e. The predicted molar refractivity (Wildman–Crippen MR) is 121 cm³/mol. The van der Waals surface area contributed by atoms with Gasteiger partial charge in [-0.2, -0.15) is 0 Å². The van der Waals surface area contributed by atoms with Crippen LogP contribution >= 0.6 is 23.4 Å². The molecule has 0 aromatic heterocycles. The maximum atomic E-state index is 13.3. The van der Waals surface area contributed by atoms with Crippen molar-refractivity contribution in [1.82, 2.24) is 10.2 Å². The van der Waals surface area contributed by atoms with Crippen LogP contribution in [0.3, 0.4) is 0 Å². The molecule has 0 heterocycles. The van der Waals surface area contributed by atoms with Crippen LogP contribution in [0.1, 0.15) is 39.7 Å². The number of thioether (sulfide) groups is 1. The van der Waals surface area contributed by atoms with E-state index in [1.165, 1.54) is 12.1 Å². The van der Waals surface area contributed by atoms with Crippen molar-refractivity contribution >= 4 is 35.2 Å². The molecule has 0 bridgehead atoms. The molecule has 7 heteroatoms. The number of carbonyl (C=O) groups is 2. The van der Waals surface area contributed by atoms with Crippen LogP contribution in [0.15, 0.2) is 53.4 Å². The van der Waals surface area contributed by atoms with Crippen molar-refractivity contribution in [3.05, 3.63) is 64.9 Å². The number of rotatable bonds is 8. The number of halogens is 2. The van der Waals surface area contributed by atoms with E-state index in [1.807, 2.05) is 45.0 Å². The lowest BCUT2D eigenvalue weighted by atomic mass is 10.1. The van der Waals surface area contributed by atoms with Gasteiger partial charge in [0.2, 0.25) is 11.8 Å². The van der Waals surface area contributed by atoms with Crippen molar-refractivity contribution in [2.24, 2.45) is 0 Å². The number of carbonyl (C=O) groups excluding carboxylic acids is 2. The third-order valence-electron chi connectivity index (χ3n) is 4.33. The Bertz CT molecular complexity index is 851. The smallest absolute Gasteiger partial charge is 0.242 e. The molecule has 30 heavy (non-hydrogen) atoms. The fraction of sp³-hybridized carbons (Fsp3) is 0.391. The van der Waals surface area contributed by atoms with Gasteiger partial charge in [0.05, 0.1) is 0 Å². The first-order valence-corrected chi connectivity index (χ1v) is 11.2. The minimum atomic E-state index is -0.651. The van der Waals surface area contributed by atoms with Crippen molar-refractivity contribution in [3.8, 4) is 0 Å². The molecule has 0 unspecified atom stereocenters. The fourth-order valence-corrected chi connectivity index (χ4v) is 3.74. The Morgan fingerprint density at radius 2 is 1.70 bits per heavy atom. The normalized spacial score (nSPS) is 12.3. The van der Waals surface area contributed by atoms with E-state index in [9.17, 15) is 14.0 Å². The molecule has 0 radical (unpaired) electrons. The highest BCUT2D eigenvalue weighted by Crippen LogP contribution is 2.22. The number of nitrogens with one attached hydrogen (secondary N) is 1. The summed E-state index contributed by atoms with van der Waals surface area (Å²) in [5, 5.41) is 3.59. The van der Waals surface area contributed by atoms with E-state index in [4.69, 9.17) is 11.6 Å². The summed E-state index contributed by atoms with van der Waals surface area (Å²) in [5.41, 5.74) is 0.367. The van der Waals surface area contributed by atoms with Crippen molar-refractivity contribution in [2.45, 2.75) is 57.1 Å². The monoisotopic (exact) mass is 450 g/mol. The van der Waals surface area contributed by atoms with Crippen molar-refractivity contribution in [1.29, 1.82) is 0 Å². The molecule has 0 aliphatic heterocycles. The summed E-state index contributed by atoms with van der Waals surface area (Å²) >= 11 is 7.46. The summed E-state index contributed by atoms with van der Waals surface area (Å²) in [4.78, 5) is 28.3. The van der Waals surface area contributed by atoms with Crippen molar-refractivity contribution in [3.63, 3.8) is 0 Å².